The van der Waals surface area contributed by atoms with E-state index in [1.165, 1.54) is 6.08 Å². The number of hydrogen-bond acceptors (Lipinski definition) is 4. The van der Waals surface area contributed by atoms with Gasteiger partial charge in [0.25, 0.3) is 15.0 Å². The Bertz CT molecular complexity index is 618. The van der Waals surface area contributed by atoms with E-state index in [0.717, 1.165) is 23.1 Å². The average molecular weight is 322 g/mol. The number of carbonyl (C=O) groups excluding carboxylic acids is 1. The van der Waals surface area contributed by atoms with Crippen LogP contribution in [0.1, 0.15) is 10.4 Å². The van der Waals surface area contributed by atoms with Gasteiger partial charge in [0.05, 0.1) is 17.1 Å². The lowest BCUT2D eigenvalue weighted by molar-refractivity contribution is 0.0738. The van der Waals surface area contributed by atoms with Crippen LogP contribution >= 0.6 is 10.7 Å². The molecule has 5 nitrogen and oxygen atoms in total. The van der Waals surface area contributed by atoms with Gasteiger partial charge in [0, 0.05) is 23.8 Å². The standard InChI is InChI=1S/C12H13ClFNO4S/c1-2-5-15(6-7-16)12(17)10-8-9(14)3-4-11(10)20(13,18)19/h2-4,8,16H,1,5-7H2. The number of aliphatic hydroxyl groups excluding tert-OH is 1. The van der Waals surface area contributed by atoms with E-state index in [9.17, 15) is 17.6 Å². The first kappa shape index (κ1) is 16.6. The van der Waals surface area contributed by atoms with Gasteiger partial charge >= 0.3 is 0 Å². The monoisotopic (exact) mass is 321 g/mol. The Morgan fingerprint density at radius 1 is 1.50 bits per heavy atom. The molecule has 0 atom stereocenters. The zero-order valence-electron chi connectivity index (χ0n) is 10.4. The van der Waals surface area contributed by atoms with Crippen LogP contribution in [0.3, 0.4) is 0 Å². The molecule has 1 amide bonds. The maximum Gasteiger partial charge on any atom is 0.262 e. The Hall–Kier alpha value is -1.44. The van der Waals surface area contributed by atoms with Crippen LogP contribution in [0.4, 0.5) is 4.39 Å². The van der Waals surface area contributed by atoms with E-state index in [4.69, 9.17) is 15.8 Å². The molecule has 0 aliphatic heterocycles. The van der Waals surface area contributed by atoms with Gasteiger partial charge in [0.1, 0.15) is 5.82 Å². The van der Waals surface area contributed by atoms with Crippen LogP contribution in [0.15, 0.2) is 35.7 Å². The first-order valence-corrected chi connectivity index (χ1v) is 7.87. The lowest BCUT2D eigenvalue weighted by atomic mass is 10.2. The van der Waals surface area contributed by atoms with Crippen LogP contribution in [-0.4, -0.2) is 44.0 Å². The highest BCUT2D eigenvalue weighted by molar-refractivity contribution is 8.13. The summed E-state index contributed by atoms with van der Waals surface area (Å²) in [5.74, 6) is -1.52. The zero-order valence-corrected chi connectivity index (χ0v) is 12.0. The molecular formula is C12H13ClFNO4S. The topological polar surface area (TPSA) is 74.7 Å². The van der Waals surface area contributed by atoms with Gasteiger partial charge in [0.15, 0.2) is 0 Å². The zero-order chi connectivity index (χ0) is 15.3. The molecule has 0 aromatic heterocycles. The molecule has 110 valence electrons. The number of carbonyl (C=O) groups is 1. The number of nitrogens with zero attached hydrogens (tertiary/aromatic N) is 1. The smallest absolute Gasteiger partial charge is 0.262 e. The van der Waals surface area contributed by atoms with E-state index in [2.05, 4.69) is 6.58 Å². The summed E-state index contributed by atoms with van der Waals surface area (Å²) in [4.78, 5) is 12.9. The Labute approximate surface area is 120 Å². The lowest BCUT2D eigenvalue weighted by Crippen LogP contribution is -2.34. The van der Waals surface area contributed by atoms with E-state index < -0.39 is 25.7 Å². The molecule has 20 heavy (non-hydrogen) atoms. The summed E-state index contributed by atoms with van der Waals surface area (Å²) in [6.07, 6.45) is 1.40. The molecule has 1 rings (SSSR count). The van der Waals surface area contributed by atoms with Crippen LogP contribution in [-0.2, 0) is 9.05 Å². The van der Waals surface area contributed by atoms with Crippen molar-refractivity contribution < 1.29 is 22.7 Å². The van der Waals surface area contributed by atoms with E-state index in [1.807, 2.05) is 0 Å². The minimum Gasteiger partial charge on any atom is -0.395 e. The molecule has 0 spiro atoms. The predicted molar refractivity (Wildman–Crippen MR) is 72.6 cm³/mol. The van der Waals surface area contributed by atoms with Gasteiger partial charge in [-0.3, -0.25) is 4.79 Å². The molecule has 1 aromatic rings. The van der Waals surface area contributed by atoms with Crippen LogP contribution in [0.5, 0.6) is 0 Å². The Morgan fingerprint density at radius 3 is 2.65 bits per heavy atom. The highest BCUT2D eigenvalue weighted by atomic mass is 35.7. The highest BCUT2D eigenvalue weighted by Crippen LogP contribution is 2.22. The van der Waals surface area contributed by atoms with Crippen molar-refractivity contribution in [3.05, 3.63) is 42.2 Å². The molecule has 0 saturated carbocycles. The summed E-state index contributed by atoms with van der Waals surface area (Å²) < 4.78 is 36.1. The van der Waals surface area contributed by atoms with Crippen LogP contribution < -0.4 is 0 Å². The second-order valence-corrected chi connectivity index (χ2v) is 6.38. The first-order chi connectivity index (χ1) is 9.31. The van der Waals surface area contributed by atoms with Gasteiger partial charge in [-0.05, 0) is 18.2 Å². The molecule has 1 aromatic carbocycles. The number of halogens is 2. The van der Waals surface area contributed by atoms with Gasteiger partial charge in [-0.15, -0.1) is 6.58 Å². The molecular weight excluding hydrogens is 309 g/mol. The van der Waals surface area contributed by atoms with Crippen molar-refractivity contribution in [2.24, 2.45) is 0 Å². The predicted octanol–water partition coefficient (Wildman–Crippen LogP) is 1.37. The van der Waals surface area contributed by atoms with E-state index in [0.29, 0.717) is 0 Å². The molecule has 0 bridgehead atoms. The SMILES string of the molecule is C=CCN(CCO)C(=O)c1cc(F)ccc1S(=O)(=O)Cl. The fraction of sp³-hybridized carbons (Fsp3) is 0.250. The summed E-state index contributed by atoms with van der Waals surface area (Å²) in [5, 5.41) is 8.90. The summed E-state index contributed by atoms with van der Waals surface area (Å²) in [6, 6.07) is 2.62. The first-order valence-electron chi connectivity index (χ1n) is 5.56. The van der Waals surface area contributed by atoms with Crippen molar-refractivity contribution in [3.63, 3.8) is 0 Å². The minimum absolute atomic E-state index is 0.0386. The number of benzene rings is 1. The number of aliphatic hydroxyl groups is 1. The normalized spacial score (nSPS) is 11.2. The molecule has 0 aliphatic rings. The van der Waals surface area contributed by atoms with Gasteiger partial charge < -0.3 is 10.0 Å². The molecule has 0 heterocycles. The summed E-state index contributed by atoms with van der Waals surface area (Å²) in [5.41, 5.74) is -0.379. The second kappa shape index (κ2) is 6.83. The van der Waals surface area contributed by atoms with Gasteiger partial charge in [0.2, 0.25) is 0 Å². The summed E-state index contributed by atoms with van der Waals surface area (Å²) >= 11 is 0. The fourth-order valence-corrected chi connectivity index (χ4v) is 2.65. The second-order valence-electron chi connectivity index (χ2n) is 3.84. The van der Waals surface area contributed by atoms with Crippen molar-refractivity contribution >= 4 is 25.6 Å². The van der Waals surface area contributed by atoms with Gasteiger partial charge in [-0.25, -0.2) is 12.8 Å². The third kappa shape index (κ3) is 4.03. The van der Waals surface area contributed by atoms with Crippen molar-refractivity contribution in [2.45, 2.75) is 4.90 Å². The van der Waals surface area contributed by atoms with Crippen molar-refractivity contribution in [3.8, 4) is 0 Å². The van der Waals surface area contributed by atoms with Crippen molar-refractivity contribution in [1.82, 2.24) is 4.90 Å². The van der Waals surface area contributed by atoms with E-state index in [-0.39, 0.29) is 25.3 Å². The van der Waals surface area contributed by atoms with Crippen molar-refractivity contribution in [1.29, 1.82) is 0 Å². The number of rotatable bonds is 6. The minimum atomic E-state index is -4.19. The molecule has 0 radical (unpaired) electrons. The highest BCUT2D eigenvalue weighted by Gasteiger charge is 2.24. The van der Waals surface area contributed by atoms with E-state index in [1.54, 1.807) is 0 Å². The van der Waals surface area contributed by atoms with Crippen LogP contribution in [0.2, 0.25) is 0 Å². The molecule has 0 fully saturated rings. The molecule has 1 N–H and O–H groups in total. The maximum atomic E-state index is 13.3. The third-order valence-electron chi connectivity index (χ3n) is 2.44. The van der Waals surface area contributed by atoms with E-state index >= 15 is 0 Å². The fourth-order valence-electron chi connectivity index (χ4n) is 1.60. The van der Waals surface area contributed by atoms with Crippen LogP contribution in [0, 0.1) is 5.82 Å². The lowest BCUT2D eigenvalue weighted by Gasteiger charge is -2.21. The summed E-state index contributed by atoms with van der Waals surface area (Å²) in [6.45, 7) is 3.17. The summed E-state index contributed by atoms with van der Waals surface area (Å²) in [7, 11) is 1.04. The van der Waals surface area contributed by atoms with Crippen molar-refractivity contribution in [2.75, 3.05) is 19.7 Å². The Morgan fingerprint density at radius 2 is 2.15 bits per heavy atom. The molecule has 0 saturated heterocycles. The average Bonchev–Trinajstić information content (AvgIpc) is 2.36. The quantitative estimate of drug-likeness (QED) is 0.634. The van der Waals surface area contributed by atoms with Gasteiger partial charge in [-0.1, -0.05) is 6.08 Å². The molecule has 8 heteroatoms. The van der Waals surface area contributed by atoms with Gasteiger partial charge in [-0.2, -0.15) is 0 Å². The number of hydrogen-bond donors (Lipinski definition) is 1. The number of amides is 1. The molecule has 0 unspecified atom stereocenters. The Kier molecular flexibility index (Phi) is 5.67. The largest absolute Gasteiger partial charge is 0.395 e. The Balaban J connectivity index is 3.32. The van der Waals surface area contributed by atoms with Crippen LogP contribution in [0.25, 0.3) is 0 Å². The third-order valence-corrected chi connectivity index (χ3v) is 3.82. The maximum absolute atomic E-state index is 13.3. The molecule has 0 aliphatic carbocycles.